The molecule has 1 aliphatic heterocycles. The highest BCUT2D eigenvalue weighted by atomic mass is 35.5. The van der Waals surface area contributed by atoms with Crippen LogP contribution in [0.1, 0.15) is 26.3 Å². The third-order valence-corrected chi connectivity index (χ3v) is 4.01. The number of hydrogen-bond acceptors (Lipinski definition) is 3. The Morgan fingerprint density at radius 3 is 2.52 bits per heavy atom. The average Bonchev–Trinajstić information content (AvgIpc) is 2.98. The fourth-order valence-electron chi connectivity index (χ4n) is 2.09. The van der Waals surface area contributed by atoms with E-state index in [1.807, 2.05) is 0 Å². The van der Waals surface area contributed by atoms with Gasteiger partial charge in [0.2, 0.25) is 0 Å². The van der Waals surface area contributed by atoms with Gasteiger partial charge in [-0.15, -0.1) is 0 Å². The quantitative estimate of drug-likeness (QED) is 0.566. The van der Waals surface area contributed by atoms with Crippen LogP contribution in [0.15, 0.2) is 63.9 Å². The van der Waals surface area contributed by atoms with E-state index < -0.39 is 5.92 Å². The zero-order chi connectivity index (χ0) is 17.4. The van der Waals surface area contributed by atoms with Gasteiger partial charge in [0.25, 0.3) is 5.92 Å². The molecule has 3 nitrogen and oxygen atoms in total. The number of nitrogens with zero attached hydrogens (tertiary/aromatic N) is 1. The first-order chi connectivity index (χ1) is 10.6. The van der Waals surface area contributed by atoms with Gasteiger partial charge in [-0.1, -0.05) is 18.2 Å². The Labute approximate surface area is 138 Å². The summed E-state index contributed by atoms with van der Waals surface area (Å²) in [6.07, 6.45) is 5.78. The summed E-state index contributed by atoms with van der Waals surface area (Å²) in [4.78, 5) is 12.8. The van der Waals surface area contributed by atoms with Crippen LogP contribution in [-0.4, -0.2) is 16.6 Å². The number of allylic oxidation sites excluding steroid dienone is 4. The molecule has 2 heterocycles. The van der Waals surface area contributed by atoms with Crippen molar-refractivity contribution in [3.05, 3.63) is 65.0 Å². The van der Waals surface area contributed by atoms with E-state index in [4.69, 9.17) is 16.0 Å². The molecule has 0 fully saturated rings. The van der Waals surface area contributed by atoms with Gasteiger partial charge in [-0.05, 0) is 26.0 Å². The van der Waals surface area contributed by atoms with Crippen LogP contribution in [0.25, 0.3) is 5.57 Å². The number of carbonyl (C=O) groups is 1. The van der Waals surface area contributed by atoms with Crippen molar-refractivity contribution in [2.24, 2.45) is 0 Å². The largest absolute Gasteiger partial charge is 0.472 e. The molecule has 0 aliphatic carbocycles. The first-order valence-electron chi connectivity index (χ1n) is 6.83. The molecule has 1 aromatic rings. The van der Waals surface area contributed by atoms with E-state index >= 15 is 0 Å². The Hall–Kier alpha value is -2.14. The molecule has 0 amide bonds. The Bertz CT molecular complexity index is 737. The van der Waals surface area contributed by atoms with E-state index in [2.05, 4.69) is 6.58 Å². The molecule has 2 rings (SSSR count). The minimum absolute atomic E-state index is 0.0235. The maximum Gasteiger partial charge on any atom is 0.272 e. The molecule has 6 heteroatoms. The molecular weight excluding hydrogens is 324 g/mol. The van der Waals surface area contributed by atoms with Crippen molar-refractivity contribution < 1.29 is 18.0 Å². The standard InChI is InChI=1S/C17H16ClF2NO2/c1-10(12(3)22)16(18)21-8-14(13-5-6-23-9-13)7-15(11(21)2)17(4,19)20/h5-9H,2H2,1,3-4H3/b16-10+. The second-order valence-electron chi connectivity index (χ2n) is 5.33. The van der Waals surface area contributed by atoms with Crippen molar-refractivity contribution >= 4 is 23.0 Å². The Morgan fingerprint density at radius 1 is 1.39 bits per heavy atom. The van der Waals surface area contributed by atoms with Gasteiger partial charge in [0.15, 0.2) is 5.78 Å². The lowest BCUT2D eigenvalue weighted by atomic mass is 9.97. The zero-order valence-electron chi connectivity index (χ0n) is 13.0. The van der Waals surface area contributed by atoms with Gasteiger partial charge < -0.3 is 9.32 Å². The minimum Gasteiger partial charge on any atom is -0.472 e. The van der Waals surface area contributed by atoms with Crippen molar-refractivity contribution in [1.82, 2.24) is 4.90 Å². The number of Topliss-reactive ketones (excluding diaryl/α,β-unsaturated/α-hetero) is 1. The summed E-state index contributed by atoms with van der Waals surface area (Å²) in [6.45, 7) is 7.38. The van der Waals surface area contributed by atoms with Crippen LogP contribution < -0.4 is 0 Å². The summed E-state index contributed by atoms with van der Waals surface area (Å²) in [5.41, 5.74) is 1.11. The molecule has 122 valence electrons. The monoisotopic (exact) mass is 339 g/mol. The lowest BCUT2D eigenvalue weighted by molar-refractivity contribution is -0.113. The molecule has 0 aromatic carbocycles. The number of hydrogen-bond donors (Lipinski definition) is 0. The zero-order valence-corrected chi connectivity index (χ0v) is 13.7. The van der Waals surface area contributed by atoms with Gasteiger partial charge >= 0.3 is 0 Å². The molecular formula is C17H16ClF2NO2. The highest BCUT2D eigenvalue weighted by Gasteiger charge is 2.35. The van der Waals surface area contributed by atoms with Crippen LogP contribution in [0.4, 0.5) is 8.78 Å². The smallest absolute Gasteiger partial charge is 0.272 e. The molecule has 0 unspecified atom stereocenters. The number of ketones is 1. The summed E-state index contributed by atoms with van der Waals surface area (Å²) in [5, 5.41) is 0.0401. The van der Waals surface area contributed by atoms with Gasteiger partial charge in [0.05, 0.1) is 12.5 Å². The molecule has 0 spiro atoms. The van der Waals surface area contributed by atoms with Gasteiger partial charge in [-0.3, -0.25) is 4.79 Å². The molecule has 0 radical (unpaired) electrons. The van der Waals surface area contributed by atoms with Gasteiger partial charge in [0.1, 0.15) is 5.16 Å². The predicted octanol–water partition coefficient (Wildman–Crippen LogP) is 5.09. The minimum atomic E-state index is -3.11. The fourth-order valence-corrected chi connectivity index (χ4v) is 2.37. The predicted molar refractivity (Wildman–Crippen MR) is 85.6 cm³/mol. The number of alkyl halides is 2. The first kappa shape index (κ1) is 17.2. The summed E-state index contributed by atoms with van der Waals surface area (Å²) < 4.78 is 32.9. The number of furan rings is 1. The van der Waals surface area contributed by atoms with Crippen LogP contribution in [0, 0.1) is 0 Å². The lowest BCUT2D eigenvalue weighted by Crippen LogP contribution is -2.27. The lowest BCUT2D eigenvalue weighted by Gasteiger charge is -2.31. The average molecular weight is 340 g/mol. The van der Waals surface area contributed by atoms with E-state index in [9.17, 15) is 13.6 Å². The fraction of sp³-hybridized carbons (Fsp3) is 0.235. The maximum atomic E-state index is 13.9. The summed E-state index contributed by atoms with van der Waals surface area (Å²) in [7, 11) is 0. The van der Waals surface area contributed by atoms with Crippen molar-refractivity contribution in [3.63, 3.8) is 0 Å². The van der Waals surface area contributed by atoms with Crippen molar-refractivity contribution in [2.75, 3.05) is 0 Å². The topological polar surface area (TPSA) is 33.5 Å². The molecule has 0 N–H and O–H groups in total. The van der Waals surface area contributed by atoms with Crippen LogP contribution >= 0.6 is 11.6 Å². The van der Waals surface area contributed by atoms with Gasteiger partial charge in [0, 0.05) is 41.1 Å². The number of rotatable bonds is 4. The third-order valence-electron chi connectivity index (χ3n) is 3.55. The molecule has 1 aliphatic rings. The normalized spacial score (nSPS) is 16.8. The summed E-state index contributed by atoms with van der Waals surface area (Å²) >= 11 is 6.23. The SMILES string of the molecule is C=C1C(C(C)(F)F)=CC(c2ccoc2)=CN1/C(Cl)=C(\C)C(C)=O. The van der Waals surface area contributed by atoms with E-state index in [-0.39, 0.29) is 27.8 Å². The molecule has 1 aromatic heterocycles. The van der Waals surface area contributed by atoms with Crippen molar-refractivity contribution in [1.29, 1.82) is 0 Å². The second kappa shape index (κ2) is 6.16. The molecule has 0 saturated heterocycles. The van der Waals surface area contributed by atoms with Gasteiger partial charge in [-0.2, -0.15) is 0 Å². The summed E-state index contributed by atoms with van der Waals surface area (Å²) in [6, 6.07) is 1.65. The molecule has 0 saturated carbocycles. The van der Waals surface area contributed by atoms with Crippen LogP contribution in [0.2, 0.25) is 0 Å². The van der Waals surface area contributed by atoms with Crippen LogP contribution in [-0.2, 0) is 4.79 Å². The summed E-state index contributed by atoms with van der Waals surface area (Å²) in [5.74, 6) is -3.36. The van der Waals surface area contributed by atoms with E-state index in [0.29, 0.717) is 11.1 Å². The molecule has 23 heavy (non-hydrogen) atoms. The Kier molecular flexibility index (Phi) is 4.61. The van der Waals surface area contributed by atoms with E-state index in [1.54, 1.807) is 12.3 Å². The Morgan fingerprint density at radius 2 is 2.04 bits per heavy atom. The third kappa shape index (κ3) is 3.45. The van der Waals surface area contributed by atoms with Crippen molar-refractivity contribution in [2.45, 2.75) is 26.7 Å². The van der Waals surface area contributed by atoms with Crippen LogP contribution in [0.5, 0.6) is 0 Å². The molecule has 0 bridgehead atoms. The molecule has 0 atom stereocenters. The number of halogens is 3. The van der Waals surface area contributed by atoms with E-state index in [1.165, 1.54) is 37.3 Å². The van der Waals surface area contributed by atoms with E-state index in [0.717, 1.165) is 6.92 Å². The first-order valence-corrected chi connectivity index (χ1v) is 7.21. The highest BCUT2D eigenvalue weighted by Crippen LogP contribution is 2.40. The van der Waals surface area contributed by atoms with Crippen LogP contribution in [0.3, 0.4) is 0 Å². The maximum absolute atomic E-state index is 13.9. The Balaban J connectivity index is 2.60. The number of carbonyl (C=O) groups excluding carboxylic acids is 1. The van der Waals surface area contributed by atoms with Gasteiger partial charge in [-0.25, -0.2) is 8.78 Å². The highest BCUT2D eigenvalue weighted by molar-refractivity contribution is 6.31. The second-order valence-corrected chi connectivity index (χ2v) is 5.69. The van der Waals surface area contributed by atoms with Crippen molar-refractivity contribution in [3.8, 4) is 0 Å².